The molecule has 7 nitrogen and oxygen atoms in total. The second kappa shape index (κ2) is 7.08. The zero-order valence-electron chi connectivity index (χ0n) is 13.7. The maximum absolute atomic E-state index is 13.7. The number of aromatic amines is 1. The van der Waals surface area contributed by atoms with Gasteiger partial charge in [0, 0.05) is 17.3 Å². The zero-order valence-corrected chi connectivity index (χ0v) is 13.7. The quantitative estimate of drug-likeness (QED) is 0.664. The van der Waals surface area contributed by atoms with Crippen molar-refractivity contribution in [2.45, 2.75) is 6.54 Å². The molecule has 0 radical (unpaired) electrons. The smallest absolute Gasteiger partial charge is 0.319 e. The van der Waals surface area contributed by atoms with E-state index in [9.17, 15) is 9.18 Å². The Hall–Kier alpha value is -3.29. The predicted molar refractivity (Wildman–Crippen MR) is 91.5 cm³/mol. The first-order chi connectivity index (χ1) is 12.1. The molecule has 2 amide bonds. The predicted octanol–water partition coefficient (Wildman–Crippen LogP) is 3.04. The highest BCUT2D eigenvalue weighted by Crippen LogP contribution is 2.25. The van der Waals surface area contributed by atoms with Crippen molar-refractivity contribution in [2.24, 2.45) is 0 Å². The van der Waals surface area contributed by atoms with Crippen LogP contribution in [0.5, 0.6) is 11.5 Å². The number of fused-ring (bicyclic) bond motifs is 1. The van der Waals surface area contributed by atoms with Crippen LogP contribution in [0.3, 0.4) is 0 Å². The molecule has 3 rings (SSSR count). The molecule has 1 aromatic heterocycles. The monoisotopic (exact) mass is 344 g/mol. The van der Waals surface area contributed by atoms with E-state index in [1.165, 1.54) is 19.2 Å². The van der Waals surface area contributed by atoms with Crippen LogP contribution in [0.4, 0.5) is 14.9 Å². The molecule has 0 aliphatic rings. The average Bonchev–Trinajstić information content (AvgIpc) is 3.08. The average molecular weight is 344 g/mol. The van der Waals surface area contributed by atoms with E-state index in [0.717, 1.165) is 16.6 Å². The fraction of sp³-hybridized carbons (Fsp3) is 0.176. The van der Waals surface area contributed by atoms with Crippen LogP contribution in [0.25, 0.3) is 11.0 Å². The third-order valence-electron chi connectivity index (χ3n) is 3.71. The fourth-order valence-corrected chi connectivity index (χ4v) is 2.50. The summed E-state index contributed by atoms with van der Waals surface area (Å²) in [6.45, 7) is 0.204. The van der Waals surface area contributed by atoms with Gasteiger partial charge in [-0.15, -0.1) is 0 Å². The number of carbonyl (C=O) groups is 1. The lowest BCUT2D eigenvalue weighted by atomic mass is 10.1. The number of ether oxygens (including phenoxy) is 2. The summed E-state index contributed by atoms with van der Waals surface area (Å²) in [5, 5.41) is 5.28. The lowest BCUT2D eigenvalue weighted by molar-refractivity contribution is 0.251. The van der Waals surface area contributed by atoms with Crippen molar-refractivity contribution >= 4 is 22.8 Å². The number of rotatable bonds is 5. The Balaban J connectivity index is 1.70. The zero-order chi connectivity index (χ0) is 17.8. The Kier molecular flexibility index (Phi) is 4.69. The van der Waals surface area contributed by atoms with E-state index in [0.29, 0.717) is 11.4 Å². The Morgan fingerprint density at radius 3 is 2.68 bits per heavy atom. The topological polar surface area (TPSA) is 88.3 Å². The largest absolute Gasteiger partial charge is 0.496 e. The second-order valence-electron chi connectivity index (χ2n) is 5.20. The number of amides is 2. The molecule has 1 heterocycles. The van der Waals surface area contributed by atoms with Crippen molar-refractivity contribution in [2.75, 3.05) is 19.5 Å². The van der Waals surface area contributed by atoms with Crippen molar-refractivity contribution < 1.29 is 18.7 Å². The molecule has 25 heavy (non-hydrogen) atoms. The summed E-state index contributed by atoms with van der Waals surface area (Å²) in [5.41, 5.74) is 2.63. The van der Waals surface area contributed by atoms with Gasteiger partial charge in [0.15, 0.2) is 11.6 Å². The van der Waals surface area contributed by atoms with Crippen molar-refractivity contribution in [1.82, 2.24) is 15.3 Å². The summed E-state index contributed by atoms with van der Waals surface area (Å²) in [6.07, 6.45) is 1.58. The number of imidazole rings is 1. The van der Waals surface area contributed by atoms with E-state index in [2.05, 4.69) is 20.6 Å². The minimum atomic E-state index is -0.553. The van der Waals surface area contributed by atoms with Gasteiger partial charge in [-0.25, -0.2) is 14.2 Å². The van der Waals surface area contributed by atoms with Gasteiger partial charge in [-0.2, -0.15) is 0 Å². The van der Waals surface area contributed by atoms with Crippen LogP contribution in [-0.4, -0.2) is 30.2 Å². The number of hydrogen-bond acceptors (Lipinski definition) is 4. The third kappa shape index (κ3) is 3.47. The number of nitrogens with zero attached hydrogens (tertiary/aromatic N) is 1. The van der Waals surface area contributed by atoms with Gasteiger partial charge in [-0.3, -0.25) is 0 Å². The molecule has 3 N–H and O–H groups in total. The van der Waals surface area contributed by atoms with E-state index in [1.54, 1.807) is 25.6 Å². The maximum atomic E-state index is 13.7. The number of halogens is 1. The summed E-state index contributed by atoms with van der Waals surface area (Å²) < 4.78 is 23.8. The van der Waals surface area contributed by atoms with Crippen LogP contribution < -0.4 is 20.1 Å². The minimum Gasteiger partial charge on any atom is -0.496 e. The minimum absolute atomic E-state index is 0.112. The van der Waals surface area contributed by atoms with Gasteiger partial charge in [0.05, 0.1) is 38.1 Å². The molecule has 0 unspecified atom stereocenters. The molecule has 2 aromatic carbocycles. The highest BCUT2D eigenvalue weighted by molar-refractivity contribution is 5.90. The van der Waals surface area contributed by atoms with E-state index >= 15 is 0 Å². The van der Waals surface area contributed by atoms with Crippen LogP contribution in [0.2, 0.25) is 0 Å². The molecule has 0 bridgehead atoms. The number of methoxy groups -OCH3 is 2. The van der Waals surface area contributed by atoms with Crippen LogP contribution >= 0.6 is 0 Å². The molecule has 0 aliphatic carbocycles. The molecular weight excluding hydrogens is 327 g/mol. The van der Waals surface area contributed by atoms with Gasteiger partial charge < -0.3 is 25.1 Å². The van der Waals surface area contributed by atoms with Crippen molar-refractivity contribution in [3.63, 3.8) is 0 Å². The molecule has 130 valence electrons. The molecule has 0 saturated heterocycles. The van der Waals surface area contributed by atoms with Crippen molar-refractivity contribution in [3.05, 3.63) is 48.0 Å². The molecule has 0 fully saturated rings. The standard InChI is InChI=1S/C17H17FN4O3/c1-24-14-6-4-13-16(21-9-20-13)11(14)8-19-17(23)22-10-3-5-15(25-2)12(18)7-10/h3-7,9H,8H2,1-2H3,(H,20,21)(H2,19,22,23). The molecule has 0 atom stereocenters. The van der Waals surface area contributed by atoms with Gasteiger partial charge in [-0.1, -0.05) is 0 Å². The highest BCUT2D eigenvalue weighted by Gasteiger charge is 2.12. The summed E-state index contributed by atoms with van der Waals surface area (Å²) >= 11 is 0. The van der Waals surface area contributed by atoms with Gasteiger partial charge >= 0.3 is 6.03 Å². The number of aromatic nitrogens is 2. The Morgan fingerprint density at radius 1 is 1.20 bits per heavy atom. The number of benzene rings is 2. The highest BCUT2D eigenvalue weighted by atomic mass is 19.1. The van der Waals surface area contributed by atoms with Gasteiger partial charge in [0.1, 0.15) is 5.75 Å². The number of urea groups is 1. The summed E-state index contributed by atoms with van der Waals surface area (Å²) in [4.78, 5) is 19.3. The Bertz CT molecular complexity index is 910. The molecule has 0 spiro atoms. The SMILES string of the molecule is COc1ccc(NC(=O)NCc2c(OC)ccc3[nH]cnc23)cc1F. The summed E-state index contributed by atoms with van der Waals surface area (Å²) in [6, 6.07) is 7.36. The number of carbonyl (C=O) groups excluding carboxylic acids is 1. The second-order valence-corrected chi connectivity index (χ2v) is 5.20. The summed E-state index contributed by atoms with van der Waals surface area (Å²) in [5.74, 6) is 0.180. The number of nitrogens with one attached hydrogen (secondary N) is 3. The van der Waals surface area contributed by atoms with E-state index in [1.807, 2.05) is 6.07 Å². The third-order valence-corrected chi connectivity index (χ3v) is 3.71. The Morgan fingerprint density at radius 2 is 1.96 bits per heavy atom. The van der Waals surface area contributed by atoms with Crippen LogP contribution in [0, 0.1) is 5.82 Å². The van der Waals surface area contributed by atoms with Crippen LogP contribution in [0.1, 0.15) is 5.56 Å². The first kappa shape index (κ1) is 16.6. The van der Waals surface area contributed by atoms with E-state index in [-0.39, 0.29) is 12.3 Å². The van der Waals surface area contributed by atoms with Crippen molar-refractivity contribution in [1.29, 1.82) is 0 Å². The molecule has 8 heteroatoms. The normalized spacial score (nSPS) is 10.5. The maximum Gasteiger partial charge on any atom is 0.319 e. The molecule has 3 aromatic rings. The van der Waals surface area contributed by atoms with Gasteiger partial charge in [0.2, 0.25) is 0 Å². The van der Waals surface area contributed by atoms with Gasteiger partial charge in [-0.05, 0) is 24.3 Å². The first-order valence-electron chi connectivity index (χ1n) is 7.49. The fourth-order valence-electron chi connectivity index (χ4n) is 2.50. The van der Waals surface area contributed by atoms with E-state index in [4.69, 9.17) is 9.47 Å². The van der Waals surface area contributed by atoms with Crippen LogP contribution in [-0.2, 0) is 6.54 Å². The Labute approximate surface area is 143 Å². The van der Waals surface area contributed by atoms with E-state index < -0.39 is 11.8 Å². The molecule has 0 aliphatic heterocycles. The van der Waals surface area contributed by atoms with Crippen LogP contribution in [0.15, 0.2) is 36.7 Å². The summed E-state index contributed by atoms with van der Waals surface area (Å²) in [7, 11) is 2.93. The number of H-pyrrole nitrogens is 1. The molecular formula is C17H17FN4O3. The number of hydrogen-bond donors (Lipinski definition) is 3. The lowest BCUT2D eigenvalue weighted by Crippen LogP contribution is -2.28. The first-order valence-corrected chi connectivity index (χ1v) is 7.49. The molecule has 0 saturated carbocycles. The number of anilines is 1. The van der Waals surface area contributed by atoms with Crippen molar-refractivity contribution in [3.8, 4) is 11.5 Å². The van der Waals surface area contributed by atoms with Gasteiger partial charge in [0.25, 0.3) is 0 Å². The lowest BCUT2D eigenvalue weighted by Gasteiger charge is -2.12.